The van der Waals surface area contributed by atoms with Crippen LogP contribution in [0.1, 0.15) is 117 Å². The Hall–Kier alpha value is -0.870. The molecule has 0 heterocycles. The number of carbonyl (C=O) groups excluding carboxylic acids is 1. The first kappa shape index (κ1) is 29.3. The van der Waals surface area contributed by atoms with Gasteiger partial charge in [0.2, 0.25) is 0 Å². The second kappa shape index (κ2) is 26.1. The molecule has 28 heavy (non-hydrogen) atoms. The zero-order valence-corrected chi connectivity index (χ0v) is 18.8. The molecule has 0 radical (unpaired) electrons. The van der Waals surface area contributed by atoms with E-state index in [0.29, 0.717) is 6.42 Å². The summed E-state index contributed by atoms with van der Waals surface area (Å²) in [5.74, 6) is -0.317. The van der Waals surface area contributed by atoms with Gasteiger partial charge in [0.1, 0.15) is 6.10 Å². The molecule has 0 aliphatic rings. The van der Waals surface area contributed by atoms with Crippen LogP contribution in [-0.4, -0.2) is 35.5 Å². The number of hydrogen-bond donors (Lipinski definition) is 2. The van der Waals surface area contributed by atoms with Crippen molar-refractivity contribution in [2.24, 2.45) is 0 Å². The third-order valence-corrected chi connectivity index (χ3v) is 4.69. The van der Waals surface area contributed by atoms with Gasteiger partial charge in [-0.2, -0.15) is 0 Å². The van der Waals surface area contributed by atoms with E-state index < -0.39 is 6.10 Å². The highest BCUT2D eigenvalue weighted by Crippen LogP contribution is 2.13. The Morgan fingerprint density at radius 3 is 1.43 bits per heavy atom. The SMILES string of the molecule is C=CC.CCCCCCCCCCCCCCCCCC(=O)OC(CO)CO. The van der Waals surface area contributed by atoms with Crippen molar-refractivity contribution in [3.8, 4) is 0 Å². The highest BCUT2D eigenvalue weighted by molar-refractivity contribution is 5.69. The summed E-state index contributed by atoms with van der Waals surface area (Å²) >= 11 is 0. The summed E-state index contributed by atoms with van der Waals surface area (Å²) in [6, 6.07) is 0. The molecular weight excluding hydrogens is 352 g/mol. The maximum Gasteiger partial charge on any atom is 0.306 e. The van der Waals surface area contributed by atoms with E-state index in [4.69, 9.17) is 14.9 Å². The first-order chi connectivity index (χ1) is 13.7. The number of aliphatic hydroxyl groups is 2. The van der Waals surface area contributed by atoms with Crippen molar-refractivity contribution in [2.45, 2.75) is 123 Å². The largest absolute Gasteiger partial charge is 0.457 e. The smallest absolute Gasteiger partial charge is 0.306 e. The van der Waals surface area contributed by atoms with Crippen LogP contribution < -0.4 is 0 Å². The fourth-order valence-corrected chi connectivity index (χ4v) is 3.02. The lowest BCUT2D eigenvalue weighted by molar-refractivity contribution is -0.153. The third-order valence-electron chi connectivity index (χ3n) is 4.69. The Morgan fingerprint density at radius 1 is 0.786 bits per heavy atom. The first-order valence-electron chi connectivity index (χ1n) is 11.6. The van der Waals surface area contributed by atoms with E-state index in [1.807, 2.05) is 6.92 Å². The van der Waals surface area contributed by atoms with Crippen LogP contribution in [-0.2, 0) is 9.53 Å². The summed E-state index contributed by atoms with van der Waals surface area (Å²) in [6.45, 7) is 6.88. The molecule has 4 heteroatoms. The van der Waals surface area contributed by atoms with E-state index in [-0.39, 0.29) is 19.2 Å². The van der Waals surface area contributed by atoms with E-state index in [0.717, 1.165) is 12.8 Å². The summed E-state index contributed by atoms with van der Waals surface area (Å²) in [5.41, 5.74) is 0. The molecule has 0 saturated carbocycles. The van der Waals surface area contributed by atoms with Crippen molar-refractivity contribution in [1.82, 2.24) is 0 Å². The maximum absolute atomic E-state index is 11.5. The highest BCUT2D eigenvalue weighted by atomic mass is 16.6. The maximum atomic E-state index is 11.5. The van der Waals surface area contributed by atoms with Gasteiger partial charge in [-0.05, 0) is 13.3 Å². The molecule has 0 aromatic rings. The minimum Gasteiger partial charge on any atom is -0.457 e. The number of esters is 1. The number of ether oxygens (including phenoxy) is 1. The molecule has 0 unspecified atom stereocenters. The standard InChI is InChI=1S/C21H42O4.C3H6/c1-2-3-4-5-6-7-8-9-10-11-12-13-14-15-16-17-21(24)25-20(18-22)19-23;1-3-2/h20,22-23H,2-19H2,1H3;3H,1H2,2H3. The van der Waals surface area contributed by atoms with E-state index in [1.165, 1.54) is 83.5 Å². The average molecular weight is 401 g/mol. The molecule has 0 aromatic carbocycles. The van der Waals surface area contributed by atoms with Crippen molar-refractivity contribution in [1.29, 1.82) is 0 Å². The van der Waals surface area contributed by atoms with Gasteiger partial charge < -0.3 is 14.9 Å². The Bertz CT molecular complexity index is 314. The molecule has 0 aliphatic carbocycles. The van der Waals surface area contributed by atoms with Gasteiger partial charge in [0.25, 0.3) is 0 Å². The van der Waals surface area contributed by atoms with E-state index in [1.54, 1.807) is 6.08 Å². The molecule has 0 spiro atoms. The number of hydrogen-bond acceptors (Lipinski definition) is 4. The lowest BCUT2D eigenvalue weighted by Crippen LogP contribution is -2.25. The van der Waals surface area contributed by atoms with Crippen molar-refractivity contribution >= 4 is 5.97 Å². The minimum absolute atomic E-state index is 0.317. The zero-order valence-electron chi connectivity index (χ0n) is 18.8. The van der Waals surface area contributed by atoms with Crippen molar-refractivity contribution in [2.75, 3.05) is 13.2 Å². The molecule has 0 saturated heterocycles. The van der Waals surface area contributed by atoms with Gasteiger partial charge in [0, 0.05) is 6.42 Å². The molecule has 0 atom stereocenters. The molecule has 0 fully saturated rings. The normalized spacial score (nSPS) is 10.5. The van der Waals surface area contributed by atoms with Gasteiger partial charge in [-0.15, -0.1) is 6.58 Å². The summed E-state index contributed by atoms with van der Waals surface area (Å²) < 4.78 is 4.93. The predicted molar refractivity (Wildman–Crippen MR) is 119 cm³/mol. The number of carbonyl (C=O) groups is 1. The van der Waals surface area contributed by atoms with Crippen molar-refractivity contribution < 1.29 is 19.7 Å². The quantitative estimate of drug-likeness (QED) is 0.151. The third kappa shape index (κ3) is 25.1. The molecule has 0 aliphatic heterocycles. The second-order valence-corrected chi connectivity index (χ2v) is 7.59. The van der Waals surface area contributed by atoms with Crippen molar-refractivity contribution in [3.05, 3.63) is 12.7 Å². The Kier molecular flexibility index (Phi) is 27.4. The van der Waals surface area contributed by atoms with E-state index in [2.05, 4.69) is 13.5 Å². The molecule has 0 bridgehead atoms. The number of allylic oxidation sites excluding steroid dienone is 1. The lowest BCUT2D eigenvalue weighted by Gasteiger charge is -2.12. The lowest BCUT2D eigenvalue weighted by atomic mass is 10.0. The van der Waals surface area contributed by atoms with Crippen LogP contribution in [0.5, 0.6) is 0 Å². The molecule has 0 aromatic heterocycles. The average Bonchev–Trinajstić information content (AvgIpc) is 2.69. The first-order valence-corrected chi connectivity index (χ1v) is 11.6. The van der Waals surface area contributed by atoms with E-state index in [9.17, 15) is 4.79 Å². The minimum atomic E-state index is -0.760. The van der Waals surface area contributed by atoms with Crippen LogP contribution in [0.3, 0.4) is 0 Å². The number of unbranched alkanes of at least 4 members (excludes halogenated alkanes) is 14. The second-order valence-electron chi connectivity index (χ2n) is 7.59. The fraction of sp³-hybridized carbons (Fsp3) is 0.875. The fourth-order valence-electron chi connectivity index (χ4n) is 3.02. The van der Waals surface area contributed by atoms with Crippen LogP contribution in [0.15, 0.2) is 12.7 Å². The molecule has 0 rings (SSSR count). The van der Waals surface area contributed by atoms with Gasteiger partial charge >= 0.3 is 5.97 Å². The molecular formula is C24H48O4. The highest BCUT2D eigenvalue weighted by Gasteiger charge is 2.11. The van der Waals surface area contributed by atoms with Crippen LogP contribution in [0, 0.1) is 0 Å². The number of aliphatic hydroxyl groups excluding tert-OH is 2. The van der Waals surface area contributed by atoms with Crippen molar-refractivity contribution in [3.63, 3.8) is 0 Å². The summed E-state index contributed by atoms with van der Waals surface area (Å²) in [5, 5.41) is 17.7. The van der Waals surface area contributed by atoms with Crippen LogP contribution in [0.4, 0.5) is 0 Å². The van der Waals surface area contributed by atoms with Crippen LogP contribution in [0.2, 0.25) is 0 Å². The van der Waals surface area contributed by atoms with Gasteiger partial charge in [0.15, 0.2) is 0 Å². The van der Waals surface area contributed by atoms with Gasteiger partial charge in [-0.1, -0.05) is 103 Å². The van der Waals surface area contributed by atoms with Crippen LogP contribution >= 0.6 is 0 Å². The molecule has 168 valence electrons. The summed E-state index contributed by atoms with van der Waals surface area (Å²) in [7, 11) is 0. The molecule has 4 nitrogen and oxygen atoms in total. The zero-order chi connectivity index (χ0) is 21.3. The Balaban J connectivity index is 0. The molecule has 2 N–H and O–H groups in total. The topological polar surface area (TPSA) is 66.8 Å². The predicted octanol–water partition coefficient (Wildman–Crippen LogP) is 6.34. The Labute approximate surface area is 174 Å². The van der Waals surface area contributed by atoms with Crippen LogP contribution in [0.25, 0.3) is 0 Å². The van der Waals surface area contributed by atoms with Gasteiger partial charge in [-0.25, -0.2) is 0 Å². The van der Waals surface area contributed by atoms with Gasteiger partial charge in [-0.3, -0.25) is 4.79 Å². The molecule has 0 amide bonds. The van der Waals surface area contributed by atoms with E-state index >= 15 is 0 Å². The summed E-state index contributed by atoms with van der Waals surface area (Å²) in [4.78, 5) is 11.5. The van der Waals surface area contributed by atoms with Gasteiger partial charge in [0.05, 0.1) is 13.2 Å². The monoisotopic (exact) mass is 400 g/mol. The summed E-state index contributed by atoms with van der Waals surface area (Å²) in [6.07, 6.45) is 20.9. The number of rotatable bonds is 19. The Morgan fingerprint density at radius 2 is 1.11 bits per heavy atom.